The van der Waals surface area contributed by atoms with Crippen molar-refractivity contribution in [1.29, 1.82) is 0 Å². The van der Waals surface area contributed by atoms with Crippen molar-refractivity contribution in [1.82, 2.24) is 13.9 Å². The zero-order valence-corrected chi connectivity index (χ0v) is 17.0. The summed E-state index contributed by atoms with van der Waals surface area (Å²) in [6.45, 7) is 6.39. The molecule has 0 saturated carbocycles. The molecule has 0 spiro atoms. The number of aryl methyl sites for hydroxylation is 4. The highest BCUT2D eigenvalue weighted by atomic mass is 32.2. The molecule has 1 N–H and O–H groups in total. The summed E-state index contributed by atoms with van der Waals surface area (Å²) < 4.78 is 28.6. The number of nitrogens with zero attached hydrogens (tertiary/aromatic N) is 3. The van der Waals surface area contributed by atoms with Crippen LogP contribution in [0.5, 0.6) is 0 Å². The van der Waals surface area contributed by atoms with Crippen molar-refractivity contribution in [2.75, 3.05) is 18.4 Å². The van der Waals surface area contributed by atoms with Crippen LogP contribution >= 0.6 is 0 Å². The molecule has 146 valence electrons. The average Bonchev–Trinajstić information content (AvgIpc) is 2.94. The predicted molar refractivity (Wildman–Crippen MR) is 104 cm³/mol. The predicted octanol–water partition coefficient (Wildman–Crippen LogP) is 2.38. The highest BCUT2D eigenvalue weighted by Crippen LogP contribution is 2.25. The molecule has 0 aliphatic carbocycles. The van der Waals surface area contributed by atoms with Gasteiger partial charge in [0.05, 0.1) is 0 Å². The number of carbonyl (C=O) groups is 1. The second-order valence-electron chi connectivity index (χ2n) is 7.28. The largest absolute Gasteiger partial charge is 0.337 e. The van der Waals surface area contributed by atoms with E-state index in [9.17, 15) is 13.2 Å². The standard InChI is InChI=1S/C19H26N4O3S/c1-13-9-14(2)11-17(10-13)21-19(24)16-5-7-23(8-6-16)27(25,26)18-12-22(4)15(3)20-18/h9-12,16H,5-8H2,1-4H3,(H,21,24). The number of hydrogen-bond acceptors (Lipinski definition) is 4. The minimum absolute atomic E-state index is 0.0503. The van der Waals surface area contributed by atoms with Crippen molar-refractivity contribution < 1.29 is 13.2 Å². The Morgan fingerprint density at radius 1 is 1.11 bits per heavy atom. The SMILES string of the molecule is Cc1cc(C)cc(NC(=O)C2CCN(S(=O)(=O)c3cn(C)c(C)n3)CC2)c1. The van der Waals surface area contributed by atoms with E-state index in [0.29, 0.717) is 31.8 Å². The summed E-state index contributed by atoms with van der Waals surface area (Å²) in [4.78, 5) is 16.7. The van der Waals surface area contributed by atoms with Crippen molar-refractivity contribution in [3.05, 3.63) is 41.3 Å². The second kappa shape index (κ2) is 7.44. The summed E-state index contributed by atoms with van der Waals surface area (Å²) in [5.74, 6) is 0.407. The lowest BCUT2D eigenvalue weighted by molar-refractivity contribution is -0.120. The summed E-state index contributed by atoms with van der Waals surface area (Å²) in [5, 5.41) is 3.04. The van der Waals surface area contributed by atoms with Gasteiger partial charge in [-0.2, -0.15) is 4.31 Å². The molecule has 0 atom stereocenters. The number of rotatable bonds is 4. The Kier molecular flexibility index (Phi) is 5.39. The van der Waals surface area contributed by atoms with Crippen LogP contribution in [-0.4, -0.2) is 41.3 Å². The van der Waals surface area contributed by atoms with Crippen molar-refractivity contribution in [3.8, 4) is 0 Å². The van der Waals surface area contributed by atoms with Crippen LogP contribution in [0.4, 0.5) is 5.69 Å². The number of imidazole rings is 1. The van der Waals surface area contributed by atoms with Gasteiger partial charge in [0.2, 0.25) is 5.91 Å². The van der Waals surface area contributed by atoms with E-state index in [1.807, 2.05) is 26.0 Å². The van der Waals surface area contributed by atoms with E-state index in [0.717, 1.165) is 16.8 Å². The molecule has 0 bridgehead atoms. The van der Waals surface area contributed by atoms with Gasteiger partial charge in [-0.3, -0.25) is 4.79 Å². The molecule has 1 saturated heterocycles. The van der Waals surface area contributed by atoms with Gasteiger partial charge in [0.25, 0.3) is 10.0 Å². The van der Waals surface area contributed by atoms with Gasteiger partial charge in [0, 0.05) is 37.9 Å². The van der Waals surface area contributed by atoms with E-state index in [1.54, 1.807) is 18.5 Å². The second-order valence-corrected chi connectivity index (χ2v) is 9.17. The molecule has 2 heterocycles. The van der Waals surface area contributed by atoms with E-state index >= 15 is 0 Å². The molecule has 1 aromatic carbocycles. The fourth-order valence-electron chi connectivity index (χ4n) is 3.43. The molecule has 2 aromatic rings. The highest BCUT2D eigenvalue weighted by Gasteiger charge is 2.33. The molecule has 7 nitrogen and oxygen atoms in total. The summed E-state index contributed by atoms with van der Waals surface area (Å²) >= 11 is 0. The summed E-state index contributed by atoms with van der Waals surface area (Å²) in [6.07, 6.45) is 2.53. The number of piperidine rings is 1. The van der Waals surface area contributed by atoms with Crippen LogP contribution in [0.25, 0.3) is 0 Å². The smallest absolute Gasteiger partial charge is 0.262 e. The third kappa shape index (κ3) is 4.22. The van der Waals surface area contributed by atoms with Crippen LogP contribution in [0.15, 0.2) is 29.4 Å². The van der Waals surface area contributed by atoms with E-state index < -0.39 is 10.0 Å². The molecule has 3 rings (SSSR count). The number of nitrogens with one attached hydrogen (secondary N) is 1. The van der Waals surface area contributed by atoms with E-state index in [1.165, 1.54) is 10.5 Å². The van der Waals surface area contributed by atoms with Gasteiger partial charge in [0.1, 0.15) is 5.82 Å². The fourth-order valence-corrected chi connectivity index (χ4v) is 4.93. The number of carbonyl (C=O) groups excluding carboxylic acids is 1. The molecular formula is C19H26N4O3S. The Bertz CT molecular complexity index is 918. The summed E-state index contributed by atoms with van der Waals surface area (Å²) in [7, 11) is -1.84. The molecule has 1 amide bonds. The van der Waals surface area contributed by atoms with Gasteiger partial charge in [-0.05, 0) is 56.9 Å². The maximum Gasteiger partial charge on any atom is 0.262 e. The lowest BCUT2D eigenvalue weighted by Gasteiger charge is -2.30. The molecule has 0 radical (unpaired) electrons. The summed E-state index contributed by atoms with van der Waals surface area (Å²) in [6, 6.07) is 5.93. The number of anilines is 1. The first-order valence-corrected chi connectivity index (χ1v) is 10.5. The quantitative estimate of drug-likeness (QED) is 0.869. The summed E-state index contributed by atoms with van der Waals surface area (Å²) in [5.41, 5.74) is 2.98. The van der Waals surface area contributed by atoms with Crippen LogP contribution in [0.3, 0.4) is 0 Å². The van der Waals surface area contributed by atoms with Crippen LogP contribution in [0.1, 0.15) is 29.8 Å². The number of benzene rings is 1. The normalized spacial score (nSPS) is 16.4. The lowest BCUT2D eigenvalue weighted by atomic mass is 9.97. The van der Waals surface area contributed by atoms with Crippen molar-refractivity contribution in [2.45, 2.75) is 38.6 Å². The Morgan fingerprint density at radius 2 is 1.70 bits per heavy atom. The van der Waals surface area contributed by atoms with Gasteiger partial charge in [-0.25, -0.2) is 13.4 Å². The number of sulfonamides is 1. The third-order valence-electron chi connectivity index (χ3n) is 5.00. The third-order valence-corrected chi connectivity index (χ3v) is 6.77. The average molecular weight is 391 g/mol. The molecule has 1 aliphatic rings. The van der Waals surface area contributed by atoms with Gasteiger partial charge in [0.15, 0.2) is 5.03 Å². The van der Waals surface area contributed by atoms with Crippen LogP contribution in [-0.2, 0) is 21.9 Å². The van der Waals surface area contributed by atoms with E-state index in [4.69, 9.17) is 0 Å². The topological polar surface area (TPSA) is 84.3 Å². The first kappa shape index (κ1) is 19.6. The first-order valence-electron chi connectivity index (χ1n) is 9.06. The number of amides is 1. The lowest BCUT2D eigenvalue weighted by Crippen LogP contribution is -2.41. The first-order chi connectivity index (χ1) is 12.7. The number of aromatic nitrogens is 2. The molecule has 27 heavy (non-hydrogen) atoms. The molecule has 8 heteroatoms. The van der Waals surface area contributed by atoms with E-state index in [2.05, 4.69) is 16.4 Å². The van der Waals surface area contributed by atoms with Crippen molar-refractivity contribution >= 4 is 21.6 Å². The fraction of sp³-hybridized carbons (Fsp3) is 0.474. The van der Waals surface area contributed by atoms with Crippen LogP contribution < -0.4 is 5.32 Å². The maximum atomic E-state index is 12.7. The van der Waals surface area contributed by atoms with Crippen LogP contribution in [0, 0.1) is 26.7 Å². The van der Waals surface area contributed by atoms with Gasteiger partial charge < -0.3 is 9.88 Å². The van der Waals surface area contributed by atoms with Gasteiger partial charge >= 0.3 is 0 Å². The van der Waals surface area contributed by atoms with Gasteiger partial charge in [-0.1, -0.05) is 6.07 Å². The zero-order valence-electron chi connectivity index (χ0n) is 16.2. The zero-order chi connectivity index (χ0) is 19.8. The Hall–Kier alpha value is -2.19. The van der Waals surface area contributed by atoms with Crippen molar-refractivity contribution in [2.24, 2.45) is 13.0 Å². The number of hydrogen-bond donors (Lipinski definition) is 1. The van der Waals surface area contributed by atoms with Crippen LogP contribution in [0.2, 0.25) is 0 Å². The molecular weight excluding hydrogens is 364 g/mol. The maximum absolute atomic E-state index is 12.7. The minimum Gasteiger partial charge on any atom is -0.337 e. The Balaban J connectivity index is 1.63. The molecule has 0 unspecified atom stereocenters. The monoisotopic (exact) mass is 390 g/mol. The molecule has 1 aromatic heterocycles. The van der Waals surface area contributed by atoms with Crippen molar-refractivity contribution in [3.63, 3.8) is 0 Å². The Labute approximate surface area is 160 Å². The minimum atomic E-state index is -3.61. The molecule has 1 aliphatic heterocycles. The highest BCUT2D eigenvalue weighted by molar-refractivity contribution is 7.89. The van der Waals surface area contributed by atoms with E-state index in [-0.39, 0.29) is 16.9 Å². The van der Waals surface area contributed by atoms with Gasteiger partial charge in [-0.15, -0.1) is 0 Å². The molecule has 1 fully saturated rings. The Morgan fingerprint density at radius 3 is 2.22 bits per heavy atom.